The number of hydrogen-bond donors (Lipinski definition) is 8. The normalized spacial score (nSPS) is 21.5. The van der Waals surface area contributed by atoms with Crippen molar-refractivity contribution >= 4 is 5.91 Å². The van der Waals surface area contributed by atoms with Crippen LogP contribution in [0.15, 0.2) is 0 Å². The molecule has 9 atom stereocenters. The van der Waals surface area contributed by atoms with Crippen LogP contribution in [0.1, 0.15) is 239 Å². The molecule has 1 aliphatic rings. The zero-order valence-corrected chi connectivity index (χ0v) is 38.7. The minimum absolute atomic E-state index is 0.267. The maximum Gasteiger partial charge on any atom is 0.249 e. The smallest absolute Gasteiger partial charge is 0.249 e. The highest BCUT2D eigenvalue weighted by molar-refractivity contribution is 5.80. The van der Waals surface area contributed by atoms with E-state index in [4.69, 9.17) is 9.47 Å². The van der Waals surface area contributed by atoms with Crippen molar-refractivity contribution in [3.63, 3.8) is 0 Å². The molecule has 1 amide bonds. The summed E-state index contributed by atoms with van der Waals surface area (Å²) in [6.45, 7) is 3.46. The van der Waals surface area contributed by atoms with Crippen molar-refractivity contribution in [3.8, 4) is 0 Å². The van der Waals surface area contributed by atoms with Gasteiger partial charge in [-0.15, -0.1) is 0 Å². The second kappa shape index (κ2) is 39.7. The van der Waals surface area contributed by atoms with Crippen LogP contribution in [0.2, 0.25) is 0 Å². The quantitative estimate of drug-likeness (QED) is 0.0275. The molecule has 0 aromatic carbocycles. The lowest BCUT2D eigenvalue weighted by Gasteiger charge is -2.40. The topological polar surface area (TPSA) is 189 Å². The monoisotopic (exact) mass is 860 g/mol. The van der Waals surface area contributed by atoms with E-state index in [1.54, 1.807) is 0 Å². The minimum atomic E-state index is -1.66. The molecule has 8 N–H and O–H groups in total. The molecule has 0 spiro atoms. The average Bonchev–Trinajstić information content (AvgIpc) is 3.25. The van der Waals surface area contributed by atoms with Crippen LogP contribution in [0, 0.1) is 0 Å². The summed E-state index contributed by atoms with van der Waals surface area (Å²) in [5.41, 5.74) is 0. The number of hydrogen-bond acceptors (Lipinski definition) is 10. The van der Waals surface area contributed by atoms with Crippen molar-refractivity contribution in [1.82, 2.24) is 5.32 Å². The number of ether oxygens (including phenoxy) is 2. The number of aliphatic hydroxyl groups is 7. The second-order valence-corrected chi connectivity index (χ2v) is 18.3. The standard InChI is InChI=1S/C49H97NO10/c1-3-5-7-9-11-13-15-17-18-19-20-21-22-23-25-27-29-31-33-35-37-42(53)48(58)50-40(39-59-49-47(57)46(56)45(55)43(38-51)60-49)44(54)41(52)36-34-32-30-28-26-24-16-14-12-10-8-6-4-2/h40-47,49,51-57H,3-39H2,1-2H3,(H,50,58)/t40-,41+,42-,43+,44-,45+,46-,47+,49-/m0/s1. The first-order valence-corrected chi connectivity index (χ1v) is 25.4. The fourth-order valence-corrected chi connectivity index (χ4v) is 8.44. The predicted octanol–water partition coefficient (Wildman–Crippen LogP) is 9.06. The van der Waals surface area contributed by atoms with E-state index >= 15 is 0 Å². The summed E-state index contributed by atoms with van der Waals surface area (Å²) < 4.78 is 11.1. The summed E-state index contributed by atoms with van der Waals surface area (Å²) in [4.78, 5) is 13.1. The fraction of sp³-hybridized carbons (Fsp3) is 0.980. The third kappa shape index (κ3) is 28.7. The Hall–Kier alpha value is -0.890. The molecular formula is C49H97NO10. The molecule has 0 aromatic rings. The molecule has 0 saturated carbocycles. The molecule has 1 saturated heterocycles. The van der Waals surface area contributed by atoms with Gasteiger partial charge < -0.3 is 50.5 Å². The minimum Gasteiger partial charge on any atom is -0.394 e. The van der Waals surface area contributed by atoms with Gasteiger partial charge in [-0.3, -0.25) is 4.79 Å². The van der Waals surface area contributed by atoms with Gasteiger partial charge in [-0.1, -0.05) is 226 Å². The van der Waals surface area contributed by atoms with Gasteiger partial charge in [0.2, 0.25) is 5.91 Å². The molecule has 1 heterocycles. The summed E-state index contributed by atoms with van der Waals surface area (Å²) in [7, 11) is 0. The van der Waals surface area contributed by atoms with Gasteiger partial charge in [0.1, 0.15) is 36.6 Å². The molecule has 60 heavy (non-hydrogen) atoms. The van der Waals surface area contributed by atoms with Crippen molar-refractivity contribution < 1.29 is 50.0 Å². The predicted molar refractivity (Wildman–Crippen MR) is 243 cm³/mol. The van der Waals surface area contributed by atoms with E-state index in [2.05, 4.69) is 19.2 Å². The van der Waals surface area contributed by atoms with Gasteiger partial charge >= 0.3 is 0 Å². The molecule has 0 aliphatic carbocycles. The van der Waals surface area contributed by atoms with Crippen LogP contribution in [-0.4, -0.2) is 110 Å². The summed E-state index contributed by atoms with van der Waals surface area (Å²) in [6, 6.07) is -1.16. The van der Waals surface area contributed by atoms with Crippen LogP contribution in [0.4, 0.5) is 0 Å². The second-order valence-electron chi connectivity index (χ2n) is 18.3. The Morgan fingerprint density at radius 2 is 0.867 bits per heavy atom. The third-order valence-electron chi connectivity index (χ3n) is 12.7. The SMILES string of the molecule is CCCCCCCCCCCCCCCCCCCCCC[C@H](O)C(=O)N[C@@H](CO[C@H]1O[C@H](CO)[C@@H](O)[C@H](O)[C@H]1O)[C@H](O)[C@H](O)CCCCCCCCCCCCCCC. The van der Waals surface area contributed by atoms with Gasteiger partial charge in [0.05, 0.1) is 25.4 Å². The van der Waals surface area contributed by atoms with Gasteiger partial charge in [0.25, 0.3) is 0 Å². The molecule has 1 fully saturated rings. The van der Waals surface area contributed by atoms with E-state index in [0.29, 0.717) is 19.3 Å². The summed E-state index contributed by atoms with van der Waals surface area (Å²) in [5.74, 6) is -0.692. The third-order valence-corrected chi connectivity index (χ3v) is 12.7. The summed E-state index contributed by atoms with van der Waals surface area (Å²) in [5, 5.41) is 75.8. The maximum absolute atomic E-state index is 13.1. The van der Waals surface area contributed by atoms with Gasteiger partial charge in [-0.25, -0.2) is 0 Å². The number of unbranched alkanes of at least 4 members (excludes halogenated alkanes) is 31. The highest BCUT2D eigenvalue weighted by Gasteiger charge is 2.44. The van der Waals surface area contributed by atoms with E-state index in [0.717, 1.165) is 38.5 Å². The van der Waals surface area contributed by atoms with Crippen LogP contribution in [0.5, 0.6) is 0 Å². The molecule has 1 aliphatic heterocycles. The molecule has 358 valence electrons. The molecular weight excluding hydrogens is 763 g/mol. The molecule has 1 rings (SSSR count). The number of amides is 1. The average molecular weight is 860 g/mol. The van der Waals surface area contributed by atoms with E-state index in [9.17, 15) is 40.5 Å². The Balaban J connectivity index is 2.36. The van der Waals surface area contributed by atoms with E-state index in [1.165, 1.54) is 161 Å². The Labute approximate surface area is 367 Å². The van der Waals surface area contributed by atoms with Crippen molar-refractivity contribution in [2.75, 3.05) is 13.2 Å². The van der Waals surface area contributed by atoms with Gasteiger partial charge in [-0.2, -0.15) is 0 Å². The lowest BCUT2D eigenvalue weighted by molar-refractivity contribution is -0.303. The Kier molecular flexibility index (Phi) is 37.8. The van der Waals surface area contributed by atoms with Crippen molar-refractivity contribution in [1.29, 1.82) is 0 Å². The number of carbonyl (C=O) groups excluding carboxylic acids is 1. The van der Waals surface area contributed by atoms with E-state index < -0.39 is 74.2 Å². The molecule has 0 unspecified atom stereocenters. The van der Waals surface area contributed by atoms with Gasteiger partial charge in [-0.05, 0) is 12.8 Å². The molecule has 0 bridgehead atoms. The lowest BCUT2D eigenvalue weighted by atomic mass is 9.98. The Morgan fingerprint density at radius 3 is 1.23 bits per heavy atom. The lowest BCUT2D eigenvalue weighted by Crippen LogP contribution is -2.60. The van der Waals surface area contributed by atoms with Crippen molar-refractivity contribution in [2.24, 2.45) is 0 Å². The molecule has 11 nitrogen and oxygen atoms in total. The van der Waals surface area contributed by atoms with Crippen molar-refractivity contribution in [2.45, 2.75) is 294 Å². The summed E-state index contributed by atoms with van der Waals surface area (Å²) in [6.07, 6.45) is 30.0. The molecule has 11 heteroatoms. The zero-order valence-electron chi connectivity index (χ0n) is 38.7. The van der Waals surface area contributed by atoms with Gasteiger partial charge in [0.15, 0.2) is 6.29 Å². The van der Waals surface area contributed by atoms with Crippen LogP contribution < -0.4 is 5.32 Å². The maximum atomic E-state index is 13.1. The number of rotatable bonds is 43. The number of carbonyl (C=O) groups is 1. The first kappa shape index (κ1) is 57.1. The Morgan fingerprint density at radius 1 is 0.517 bits per heavy atom. The van der Waals surface area contributed by atoms with Crippen LogP contribution in [-0.2, 0) is 14.3 Å². The fourth-order valence-electron chi connectivity index (χ4n) is 8.44. The van der Waals surface area contributed by atoms with E-state index in [-0.39, 0.29) is 6.42 Å². The first-order chi connectivity index (χ1) is 29.2. The van der Waals surface area contributed by atoms with Crippen LogP contribution in [0.25, 0.3) is 0 Å². The highest BCUT2D eigenvalue weighted by Crippen LogP contribution is 2.23. The number of nitrogens with one attached hydrogen (secondary N) is 1. The van der Waals surface area contributed by atoms with Crippen LogP contribution in [0.3, 0.4) is 0 Å². The summed E-state index contributed by atoms with van der Waals surface area (Å²) >= 11 is 0. The number of aliphatic hydroxyl groups excluding tert-OH is 7. The Bertz CT molecular complexity index is 944. The van der Waals surface area contributed by atoms with E-state index in [1.807, 2.05) is 0 Å². The molecule has 0 aromatic heterocycles. The first-order valence-electron chi connectivity index (χ1n) is 25.4. The van der Waals surface area contributed by atoms with Crippen LogP contribution >= 0.6 is 0 Å². The zero-order chi connectivity index (χ0) is 44.1. The molecule has 0 radical (unpaired) electrons. The van der Waals surface area contributed by atoms with Crippen molar-refractivity contribution in [3.05, 3.63) is 0 Å². The highest BCUT2D eigenvalue weighted by atomic mass is 16.7. The largest absolute Gasteiger partial charge is 0.394 e. The van der Waals surface area contributed by atoms with Gasteiger partial charge in [0, 0.05) is 0 Å².